The molecule has 0 aromatic heterocycles. The van der Waals surface area contributed by atoms with Crippen LogP contribution in [-0.4, -0.2) is 37.5 Å². The minimum atomic E-state index is 0.0398. The zero-order chi connectivity index (χ0) is 12.0. The lowest BCUT2D eigenvalue weighted by atomic mass is 9.87. The van der Waals surface area contributed by atoms with Crippen LogP contribution < -0.4 is 5.32 Å². The molecule has 0 heterocycles. The van der Waals surface area contributed by atoms with E-state index in [-0.39, 0.29) is 12.0 Å². The minimum Gasteiger partial charge on any atom is -0.396 e. The molecule has 1 aliphatic carbocycles. The molecule has 1 saturated carbocycles. The summed E-state index contributed by atoms with van der Waals surface area (Å²) in [7, 11) is 1.80. The third-order valence-electron chi connectivity index (χ3n) is 4.06. The minimum absolute atomic E-state index is 0.0398. The van der Waals surface area contributed by atoms with Gasteiger partial charge in [0.05, 0.1) is 6.10 Å². The van der Waals surface area contributed by atoms with E-state index >= 15 is 0 Å². The highest BCUT2D eigenvalue weighted by molar-refractivity contribution is 4.81. The monoisotopic (exact) mass is 229 g/mol. The molecule has 0 bridgehead atoms. The Morgan fingerprint density at radius 1 is 1.31 bits per heavy atom. The number of methoxy groups -OCH3 is 1. The van der Waals surface area contributed by atoms with Crippen molar-refractivity contribution in [1.29, 1.82) is 0 Å². The van der Waals surface area contributed by atoms with E-state index in [0.717, 1.165) is 25.8 Å². The summed E-state index contributed by atoms with van der Waals surface area (Å²) in [6.45, 7) is 5.47. The van der Waals surface area contributed by atoms with Crippen LogP contribution in [0.2, 0.25) is 0 Å². The van der Waals surface area contributed by atoms with Gasteiger partial charge in [0.25, 0.3) is 0 Å². The topological polar surface area (TPSA) is 41.5 Å². The molecule has 0 aliphatic heterocycles. The molecule has 0 radical (unpaired) electrons. The van der Waals surface area contributed by atoms with Crippen molar-refractivity contribution in [3.8, 4) is 0 Å². The Hall–Kier alpha value is -0.120. The zero-order valence-corrected chi connectivity index (χ0v) is 11.0. The fraction of sp³-hybridized carbons (Fsp3) is 1.00. The van der Waals surface area contributed by atoms with E-state index in [1.165, 1.54) is 12.8 Å². The second-order valence-corrected chi connectivity index (χ2v) is 5.41. The number of ether oxygens (including phenoxy) is 1. The van der Waals surface area contributed by atoms with Crippen molar-refractivity contribution in [2.45, 2.75) is 58.1 Å². The first-order valence-corrected chi connectivity index (χ1v) is 6.50. The molecule has 1 fully saturated rings. The molecule has 96 valence electrons. The molecule has 3 heteroatoms. The second-order valence-electron chi connectivity index (χ2n) is 5.41. The summed E-state index contributed by atoms with van der Waals surface area (Å²) in [5.74, 6) is 0. The highest BCUT2D eigenvalue weighted by atomic mass is 16.5. The van der Waals surface area contributed by atoms with Gasteiger partial charge in [-0.25, -0.2) is 0 Å². The van der Waals surface area contributed by atoms with Crippen molar-refractivity contribution in [3.05, 3.63) is 0 Å². The van der Waals surface area contributed by atoms with Crippen LogP contribution in [0.4, 0.5) is 0 Å². The molecule has 16 heavy (non-hydrogen) atoms. The van der Waals surface area contributed by atoms with Crippen molar-refractivity contribution in [1.82, 2.24) is 5.32 Å². The summed E-state index contributed by atoms with van der Waals surface area (Å²) in [4.78, 5) is 0. The maximum absolute atomic E-state index is 9.33. The van der Waals surface area contributed by atoms with Gasteiger partial charge < -0.3 is 15.2 Å². The van der Waals surface area contributed by atoms with E-state index in [0.29, 0.717) is 12.1 Å². The Bertz CT molecular complexity index is 184. The maximum Gasteiger partial charge on any atom is 0.0572 e. The highest BCUT2D eigenvalue weighted by Crippen LogP contribution is 2.23. The van der Waals surface area contributed by atoms with Crippen LogP contribution in [0.5, 0.6) is 0 Å². The van der Waals surface area contributed by atoms with Gasteiger partial charge in [0.15, 0.2) is 0 Å². The van der Waals surface area contributed by atoms with Crippen LogP contribution in [0, 0.1) is 5.41 Å². The molecule has 1 unspecified atom stereocenters. The normalized spacial score (nSPS) is 30.0. The Morgan fingerprint density at radius 3 is 2.38 bits per heavy atom. The number of nitrogens with one attached hydrogen (secondary N) is 1. The van der Waals surface area contributed by atoms with E-state index in [9.17, 15) is 5.11 Å². The molecule has 0 spiro atoms. The van der Waals surface area contributed by atoms with Crippen LogP contribution in [0.15, 0.2) is 0 Å². The molecular formula is C13H27NO2. The smallest absolute Gasteiger partial charge is 0.0572 e. The quantitative estimate of drug-likeness (QED) is 0.731. The van der Waals surface area contributed by atoms with Gasteiger partial charge in [0.1, 0.15) is 0 Å². The Balaban J connectivity index is 2.24. The van der Waals surface area contributed by atoms with Crippen molar-refractivity contribution in [2.75, 3.05) is 20.3 Å². The van der Waals surface area contributed by atoms with Gasteiger partial charge in [-0.15, -0.1) is 0 Å². The first kappa shape index (κ1) is 13.9. The molecule has 0 amide bonds. The van der Waals surface area contributed by atoms with Gasteiger partial charge >= 0.3 is 0 Å². The zero-order valence-electron chi connectivity index (χ0n) is 11.0. The standard InChI is InChI=1S/C13H27NO2/c1-4-13(2,10-15)9-14-11-5-7-12(16-3)8-6-11/h11-12,14-15H,4-10H2,1-3H3. The molecule has 0 aromatic carbocycles. The fourth-order valence-corrected chi connectivity index (χ4v) is 2.19. The lowest BCUT2D eigenvalue weighted by molar-refractivity contribution is 0.0588. The average Bonchev–Trinajstić information content (AvgIpc) is 2.36. The Kier molecular flexibility index (Phi) is 5.73. The van der Waals surface area contributed by atoms with Crippen LogP contribution in [0.1, 0.15) is 46.0 Å². The SMILES string of the molecule is CCC(C)(CO)CNC1CCC(OC)CC1. The highest BCUT2D eigenvalue weighted by Gasteiger charge is 2.25. The van der Waals surface area contributed by atoms with E-state index in [4.69, 9.17) is 4.74 Å². The fourth-order valence-electron chi connectivity index (χ4n) is 2.19. The van der Waals surface area contributed by atoms with E-state index in [2.05, 4.69) is 19.2 Å². The summed E-state index contributed by atoms with van der Waals surface area (Å²) < 4.78 is 5.36. The van der Waals surface area contributed by atoms with Gasteiger partial charge in [-0.3, -0.25) is 0 Å². The molecule has 1 atom stereocenters. The molecule has 1 aliphatic rings. The predicted molar refractivity (Wildman–Crippen MR) is 66.5 cm³/mol. The number of hydrogen-bond donors (Lipinski definition) is 2. The van der Waals surface area contributed by atoms with Gasteiger partial charge in [-0.1, -0.05) is 13.8 Å². The van der Waals surface area contributed by atoms with Gasteiger partial charge in [-0.05, 0) is 32.1 Å². The van der Waals surface area contributed by atoms with Crippen LogP contribution >= 0.6 is 0 Å². The van der Waals surface area contributed by atoms with Crippen molar-refractivity contribution < 1.29 is 9.84 Å². The Morgan fingerprint density at radius 2 is 1.94 bits per heavy atom. The van der Waals surface area contributed by atoms with Crippen molar-refractivity contribution in [3.63, 3.8) is 0 Å². The van der Waals surface area contributed by atoms with Crippen LogP contribution in [-0.2, 0) is 4.74 Å². The van der Waals surface area contributed by atoms with Gasteiger partial charge in [0, 0.05) is 31.7 Å². The van der Waals surface area contributed by atoms with Crippen LogP contribution in [0.3, 0.4) is 0 Å². The molecular weight excluding hydrogens is 202 g/mol. The van der Waals surface area contributed by atoms with E-state index in [1.807, 2.05) is 0 Å². The predicted octanol–water partition coefficient (Wildman–Crippen LogP) is 1.94. The summed E-state index contributed by atoms with van der Waals surface area (Å²) in [6.07, 6.45) is 6.21. The molecule has 3 nitrogen and oxygen atoms in total. The second kappa shape index (κ2) is 6.58. The van der Waals surface area contributed by atoms with Crippen molar-refractivity contribution >= 4 is 0 Å². The number of rotatable bonds is 6. The first-order chi connectivity index (χ1) is 7.63. The summed E-state index contributed by atoms with van der Waals surface area (Å²) in [6, 6.07) is 0.615. The molecule has 0 aromatic rings. The molecule has 1 rings (SSSR count). The number of aliphatic hydroxyl groups is 1. The summed E-state index contributed by atoms with van der Waals surface area (Å²) >= 11 is 0. The van der Waals surface area contributed by atoms with Gasteiger partial charge in [-0.2, -0.15) is 0 Å². The van der Waals surface area contributed by atoms with Crippen LogP contribution in [0.25, 0.3) is 0 Å². The maximum atomic E-state index is 9.33. The third-order valence-corrected chi connectivity index (χ3v) is 4.06. The first-order valence-electron chi connectivity index (χ1n) is 6.50. The molecule has 2 N–H and O–H groups in total. The van der Waals surface area contributed by atoms with Crippen molar-refractivity contribution in [2.24, 2.45) is 5.41 Å². The summed E-state index contributed by atoms with van der Waals surface area (Å²) in [5.41, 5.74) is 0.0398. The Labute approximate surface area is 99.6 Å². The molecule has 0 saturated heterocycles. The summed E-state index contributed by atoms with van der Waals surface area (Å²) in [5, 5.41) is 12.9. The lowest BCUT2D eigenvalue weighted by Crippen LogP contribution is -2.42. The third kappa shape index (κ3) is 4.04. The lowest BCUT2D eigenvalue weighted by Gasteiger charge is -2.32. The average molecular weight is 229 g/mol. The van der Waals surface area contributed by atoms with Gasteiger partial charge in [0.2, 0.25) is 0 Å². The number of aliphatic hydroxyl groups excluding tert-OH is 1. The largest absolute Gasteiger partial charge is 0.396 e. The number of hydrogen-bond acceptors (Lipinski definition) is 3. The van der Waals surface area contributed by atoms with E-state index in [1.54, 1.807) is 7.11 Å². The van der Waals surface area contributed by atoms with E-state index < -0.39 is 0 Å².